The number of nitrogens with one attached hydrogen (secondary N) is 1. The Balaban J connectivity index is 1.85. The number of carbonyl (C=O) groups excluding carboxylic acids is 1. The highest BCUT2D eigenvalue weighted by Crippen LogP contribution is 2.20. The van der Waals surface area contributed by atoms with E-state index in [4.69, 9.17) is 11.6 Å². The standard InChI is InChI=1S/C14H10ClN5O/c15-10-3-1-2-4-11(10)18-13(21)12-5-6-17-14(19-12)20-8-7-16-9-20/h1-9H,(H,18,21). The molecule has 1 amide bonds. The molecule has 0 aliphatic carbocycles. The van der Waals surface area contributed by atoms with Crippen molar-refractivity contribution in [2.75, 3.05) is 5.32 Å². The first-order valence-corrected chi connectivity index (χ1v) is 6.49. The van der Waals surface area contributed by atoms with Gasteiger partial charge in [-0.05, 0) is 18.2 Å². The molecule has 104 valence electrons. The van der Waals surface area contributed by atoms with E-state index in [0.29, 0.717) is 16.7 Å². The zero-order valence-corrected chi connectivity index (χ0v) is 11.5. The van der Waals surface area contributed by atoms with Crippen LogP contribution in [0.15, 0.2) is 55.2 Å². The topological polar surface area (TPSA) is 72.7 Å². The molecule has 0 saturated carbocycles. The molecule has 0 saturated heterocycles. The molecule has 0 bridgehead atoms. The highest BCUT2D eigenvalue weighted by molar-refractivity contribution is 6.33. The van der Waals surface area contributed by atoms with E-state index >= 15 is 0 Å². The second-order valence-corrected chi connectivity index (χ2v) is 4.55. The number of aromatic nitrogens is 4. The van der Waals surface area contributed by atoms with Gasteiger partial charge in [0.1, 0.15) is 12.0 Å². The molecule has 7 heteroatoms. The van der Waals surface area contributed by atoms with Crippen LogP contribution in [-0.2, 0) is 0 Å². The third kappa shape index (κ3) is 2.90. The third-order valence-electron chi connectivity index (χ3n) is 2.73. The van der Waals surface area contributed by atoms with Crippen LogP contribution < -0.4 is 5.32 Å². The average Bonchev–Trinajstić information content (AvgIpc) is 3.04. The van der Waals surface area contributed by atoms with Crippen LogP contribution in [0, 0.1) is 0 Å². The largest absolute Gasteiger partial charge is 0.319 e. The average molecular weight is 300 g/mol. The summed E-state index contributed by atoms with van der Waals surface area (Å²) < 4.78 is 1.62. The van der Waals surface area contributed by atoms with Gasteiger partial charge in [-0.1, -0.05) is 23.7 Å². The zero-order valence-electron chi connectivity index (χ0n) is 10.8. The summed E-state index contributed by atoms with van der Waals surface area (Å²) in [6.45, 7) is 0. The maximum Gasteiger partial charge on any atom is 0.274 e. The lowest BCUT2D eigenvalue weighted by atomic mass is 10.3. The number of para-hydroxylation sites is 1. The summed E-state index contributed by atoms with van der Waals surface area (Å²) >= 11 is 6.01. The van der Waals surface area contributed by atoms with E-state index in [1.54, 1.807) is 47.6 Å². The monoisotopic (exact) mass is 299 g/mol. The fourth-order valence-electron chi connectivity index (χ4n) is 1.73. The van der Waals surface area contributed by atoms with Crippen molar-refractivity contribution < 1.29 is 4.79 Å². The second-order valence-electron chi connectivity index (χ2n) is 4.15. The molecule has 0 radical (unpaired) electrons. The van der Waals surface area contributed by atoms with Gasteiger partial charge in [0.2, 0.25) is 5.95 Å². The molecule has 1 aromatic carbocycles. The van der Waals surface area contributed by atoms with Crippen molar-refractivity contribution in [3.8, 4) is 5.95 Å². The number of imidazole rings is 1. The van der Waals surface area contributed by atoms with E-state index in [-0.39, 0.29) is 11.6 Å². The Kier molecular flexibility index (Phi) is 3.61. The number of halogens is 1. The highest BCUT2D eigenvalue weighted by Gasteiger charge is 2.11. The quantitative estimate of drug-likeness (QED) is 0.806. The molecule has 0 aliphatic rings. The normalized spacial score (nSPS) is 10.3. The number of nitrogens with zero attached hydrogens (tertiary/aromatic N) is 4. The zero-order chi connectivity index (χ0) is 14.7. The Labute approximate surface area is 125 Å². The lowest BCUT2D eigenvalue weighted by molar-refractivity contribution is 0.102. The van der Waals surface area contributed by atoms with Crippen LogP contribution in [0.5, 0.6) is 0 Å². The third-order valence-corrected chi connectivity index (χ3v) is 3.06. The molecule has 0 spiro atoms. The number of hydrogen-bond acceptors (Lipinski definition) is 4. The van der Waals surface area contributed by atoms with Crippen molar-refractivity contribution in [1.82, 2.24) is 19.5 Å². The molecule has 3 aromatic rings. The van der Waals surface area contributed by atoms with Crippen molar-refractivity contribution >= 4 is 23.2 Å². The van der Waals surface area contributed by atoms with Crippen molar-refractivity contribution in [2.45, 2.75) is 0 Å². The number of carbonyl (C=O) groups is 1. The van der Waals surface area contributed by atoms with Gasteiger partial charge in [0, 0.05) is 18.6 Å². The molecule has 0 atom stereocenters. The lowest BCUT2D eigenvalue weighted by Crippen LogP contribution is -2.15. The molecule has 1 N–H and O–H groups in total. The summed E-state index contributed by atoms with van der Waals surface area (Å²) in [6.07, 6.45) is 6.39. The minimum Gasteiger partial charge on any atom is -0.319 e. The summed E-state index contributed by atoms with van der Waals surface area (Å²) in [5.74, 6) is 0.0196. The SMILES string of the molecule is O=C(Nc1ccccc1Cl)c1ccnc(-n2ccnc2)n1. The molecule has 2 aromatic heterocycles. The van der Waals surface area contributed by atoms with Crippen molar-refractivity contribution in [3.63, 3.8) is 0 Å². The molecule has 2 heterocycles. The van der Waals surface area contributed by atoms with E-state index in [2.05, 4.69) is 20.3 Å². The lowest BCUT2D eigenvalue weighted by Gasteiger charge is -2.07. The van der Waals surface area contributed by atoms with Crippen LogP contribution in [0.4, 0.5) is 5.69 Å². The van der Waals surface area contributed by atoms with E-state index in [9.17, 15) is 4.79 Å². The van der Waals surface area contributed by atoms with Crippen molar-refractivity contribution in [2.24, 2.45) is 0 Å². The van der Waals surface area contributed by atoms with E-state index in [1.165, 1.54) is 12.3 Å². The number of hydrogen-bond donors (Lipinski definition) is 1. The van der Waals surface area contributed by atoms with Crippen LogP contribution in [0.1, 0.15) is 10.5 Å². The van der Waals surface area contributed by atoms with E-state index < -0.39 is 0 Å². The molecule has 6 nitrogen and oxygen atoms in total. The van der Waals surface area contributed by atoms with Gasteiger partial charge < -0.3 is 5.32 Å². The smallest absolute Gasteiger partial charge is 0.274 e. The first kappa shape index (κ1) is 13.3. The highest BCUT2D eigenvalue weighted by atomic mass is 35.5. The van der Waals surface area contributed by atoms with Crippen molar-refractivity contribution in [3.05, 3.63) is 66.0 Å². The second kappa shape index (κ2) is 5.72. The molecule has 3 rings (SSSR count). The molecule has 21 heavy (non-hydrogen) atoms. The van der Waals surface area contributed by atoms with E-state index in [0.717, 1.165) is 0 Å². The Hall–Kier alpha value is -2.73. The predicted octanol–water partition coefficient (Wildman–Crippen LogP) is 2.57. The van der Waals surface area contributed by atoms with E-state index in [1.807, 2.05) is 0 Å². The fraction of sp³-hybridized carbons (Fsp3) is 0. The number of anilines is 1. The Morgan fingerprint density at radius 1 is 1.19 bits per heavy atom. The van der Waals surface area contributed by atoms with Gasteiger partial charge in [0.05, 0.1) is 10.7 Å². The Bertz CT molecular complexity index is 773. The first-order valence-electron chi connectivity index (χ1n) is 6.11. The van der Waals surface area contributed by atoms with Gasteiger partial charge >= 0.3 is 0 Å². The molecular formula is C14H10ClN5O. The molecule has 0 aliphatic heterocycles. The van der Waals surface area contributed by atoms with Crippen LogP contribution in [0.3, 0.4) is 0 Å². The number of rotatable bonds is 3. The van der Waals surface area contributed by atoms with Crippen LogP contribution in [0.2, 0.25) is 5.02 Å². The minimum absolute atomic E-state index is 0.244. The maximum absolute atomic E-state index is 12.2. The van der Waals surface area contributed by atoms with Gasteiger partial charge in [-0.25, -0.2) is 15.0 Å². The summed E-state index contributed by atoms with van der Waals surface area (Å²) in [4.78, 5) is 24.4. The summed E-state index contributed by atoms with van der Waals surface area (Å²) in [7, 11) is 0. The first-order chi connectivity index (χ1) is 10.2. The van der Waals surface area contributed by atoms with Crippen LogP contribution >= 0.6 is 11.6 Å². The molecular weight excluding hydrogens is 290 g/mol. The maximum atomic E-state index is 12.2. The summed E-state index contributed by atoms with van der Waals surface area (Å²) in [6, 6.07) is 8.54. The summed E-state index contributed by atoms with van der Waals surface area (Å²) in [5, 5.41) is 3.18. The van der Waals surface area contributed by atoms with Gasteiger partial charge in [-0.2, -0.15) is 0 Å². The van der Waals surface area contributed by atoms with Crippen molar-refractivity contribution in [1.29, 1.82) is 0 Å². The molecule has 0 unspecified atom stereocenters. The Morgan fingerprint density at radius 2 is 2.05 bits per heavy atom. The van der Waals surface area contributed by atoms with Gasteiger partial charge in [0.25, 0.3) is 5.91 Å². The van der Waals surface area contributed by atoms with Gasteiger partial charge in [0.15, 0.2) is 0 Å². The number of benzene rings is 1. The minimum atomic E-state index is -0.355. The fourth-order valence-corrected chi connectivity index (χ4v) is 1.91. The van der Waals surface area contributed by atoms with Crippen LogP contribution in [-0.4, -0.2) is 25.4 Å². The molecule has 0 fully saturated rings. The Morgan fingerprint density at radius 3 is 2.81 bits per heavy atom. The number of amides is 1. The van der Waals surface area contributed by atoms with Gasteiger partial charge in [-0.15, -0.1) is 0 Å². The van der Waals surface area contributed by atoms with Crippen LogP contribution in [0.25, 0.3) is 5.95 Å². The summed E-state index contributed by atoms with van der Waals surface area (Å²) in [5.41, 5.74) is 0.778. The predicted molar refractivity (Wildman–Crippen MR) is 78.6 cm³/mol. The van der Waals surface area contributed by atoms with Gasteiger partial charge in [-0.3, -0.25) is 9.36 Å².